The van der Waals surface area contributed by atoms with Crippen molar-refractivity contribution in [3.05, 3.63) is 46.8 Å². The normalized spacial score (nSPS) is 17.4. The lowest BCUT2D eigenvalue weighted by Gasteiger charge is -2.32. The number of benzene rings is 1. The van der Waals surface area contributed by atoms with Crippen molar-refractivity contribution in [2.75, 3.05) is 38.5 Å². The van der Waals surface area contributed by atoms with Crippen LogP contribution < -0.4 is 5.32 Å². The smallest absolute Gasteiger partial charge is 0.278 e. The van der Waals surface area contributed by atoms with E-state index in [9.17, 15) is 9.59 Å². The lowest BCUT2D eigenvalue weighted by Crippen LogP contribution is -2.47. The Kier molecular flexibility index (Phi) is 4.94. The van der Waals surface area contributed by atoms with Crippen molar-refractivity contribution in [1.82, 2.24) is 15.0 Å². The third-order valence-corrected chi connectivity index (χ3v) is 5.36. The Morgan fingerprint density at radius 2 is 1.81 bits per heavy atom. The van der Waals surface area contributed by atoms with Gasteiger partial charge in [0.15, 0.2) is 5.69 Å². The molecule has 2 heterocycles. The van der Waals surface area contributed by atoms with Crippen LogP contribution in [-0.2, 0) is 12.8 Å². The molecule has 2 amide bonds. The molecule has 1 fully saturated rings. The zero-order valence-electron chi connectivity index (χ0n) is 15.5. The fraction of sp³-hybridized carbons (Fsp3) is 0.450. The van der Waals surface area contributed by atoms with Gasteiger partial charge in [0.2, 0.25) is 0 Å². The fourth-order valence-electron chi connectivity index (χ4n) is 3.70. The van der Waals surface area contributed by atoms with Crippen LogP contribution in [0.5, 0.6) is 0 Å². The zero-order chi connectivity index (χ0) is 18.8. The first-order chi connectivity index (χ1) is 13.1. The van der Waals surface area contributed by atoms with E-state index in [4.69, 9.17) is 4.52 Å². The second-order valence-corrected chi connectivity index (χ2v) is 7.24. The SMILES string of the molecule is CN1CCN(C(=O)c2ccccc2NC(=O)c2noc3c2CCCC3)CC1. The number of aromatic nitrogens is 1. The second kappa shape index (κ2) is 7.52. The molecule has 0 unspecified atom stereocenters. The maximum atomic E-state index is 12.9. The van der Waals surface area contributed by atoms with Crippen LogP contribution >= 0.6 is 0 Å². The number of nitrogens with one attached hydrogen (secondary N) is 1. The number of rotatable bonds is 3. The molecule has 7 nitrogen and oxygen atoms in total. The summed E-state index contributed by atoms with van der Waals surface area (Å²) in [6.07, 6.45) is 3.73. The highest BCUT2D eigenvalue weighted by atomic mass is 16.5. The van der Waals surface area contributed by atoms with Gasteiger partial charge in [-0.15, -0.1) is 0 Å². The molecule has 1 aromatic carbocycles. The number of piperazine rings is 1. The van der Waals surface area contributed by atoms with Crippen molar-refractivity contribution in [3.8, 4) is 0 Å². The third kappa shape index (κ3) is 3.60. The first kappa shape index (κ1) is 17.7. The van der Waals surface area contributed by atoms with Gasteiger partial charge in [-0.05, 0) is 38.4 Å². The van der Waals surface area contributed by atoms with E-state index in [2.05, 4.69) is 22.4 Å². The summed E-state index contributed by atoms with van der Waals surface area (Å²) >= 11 is 0. The predicted molar refractivity (Wildman–Crippen MR) is 101 cm³/mol. The monoisotopic (exact) mass is 368 g/mol. The molecule has 0 atom stereocenters. The van der Waals surface area contributed by atoms with Crippen LogP contribution in [0.1, 0.15) is 45.0 Å². The molecule has 2 aromatic rings. The first-order valence-corrected chi connectivity index (χ1v) is 9.49. The van der Waals surface area contributed by atoms with Crippen molar-refractivity contribution in [2.24, 2.45) is 0 Å². The molecule has 4 rings (SSSR count). The number of amides is 2. The Bertz CT molecular complexity index is 853. The minimum absolute atomic E-state index is 0.0545. The summed E-state index contributed by atoms with van der Waals surface area (Å²) in [7, 11) is 2.05. The van der Waals surface area contributed by atoms with Gasteiger partial charge in [0.1, 0.15) is 5.76 Å². The summed E-state index contributed by atoms with van der Waals surface area (Å²) in [6, 6.07) is 7.15. The summed E-state index contributed by atoms with van der Waals surface area (Å²) in [5.41, 5.74) is 2.26. The van der Waals surface area contributed by atoms with Crippen molar-refractivity contribution >= 4 is 17.5 Å². The predicted octanol–water partition coefficient (Wildman–Crippen LogP) is 2.19. The minimum Gasteiger partial charge on any atom is -0.360 e. The molecule has 0 spiro atoms. The molecule has 0 saturated carbocycles. The van der Waals surface area contributed by atoms with E-state index in [1.165, 1.54) is 0 Å². The number of likely N-dealkylation sites (N-methyl/N-ethyl adjacent to an activating group) is 1. The summed E-state index contributed by atoms with van der Waals surface area (Å²) < 4.78 is 5.34. The molecule has 1 aliphatic carbocycles. The Hall–Kier alpha value is -2.67. The molecular weight excluding hydrogens is 344 g/mol. The quantitative estimate of drug-likeness (QED) is 0.898. The van der Waals surface area contributed by atoms with Crippen LogP contribution in [0.25, 0.3) is 0 Å². The van der Waals surface area contributed by atoms with Gasteiger partial charge in [-0.25, -0.2) is 0 Å². The fourth-order valence-corrected chi connectivity index (χ4v) is 3.70. The molecule has 1 aromatic heterocycles. The topological polar surface area (TPSA) is 78.7 Å². The summed E-state index contributed by atoms with van der Waals surface area (Å²) in [5, 5.41) is 6.85. The van der Waals surface area contributed by atoms with Crippen LogP contribution in [0.3, 0.4) is 0 Å². The first-order valence-electron chi connectivity index (χ1n) is 9.49. The Balaban J connectivity index is 1.54. The Morgan fingerprint density at radius 1 is 1.07 bits per heavy atom. The van der Waals surface area contributed by atoms with E-state index in [0.29, 0.717) is 30.0 Å². The number of aryl methyl sites for hydroxylation is 1. The van der Waals surface area contributed by atoms with Gasteiger partial charge in [-0.1, -0.05) is 17.3 Å². The van der Waals surface area contributed by atoms with Crippen LogP contribution in [0, 0.1) is 0 Å². The maximum Gasteiger partial charge on any atom is 0.278 e. The number of anilines is 1. The molecule has 0 bridgehead atoms. The standard InChI is InChI=1S/C20H24N4O3/c1-23-10-12-24(13-11-23)20(26)14-6-2-4-8-16(14)21-19(25)18-15-7-3-5-9-17(15)27-22-18/h2,4,6,8H,3,5,7,9-13H2,1H3,(H,21,25). The highest BCUT2D eigenvalue weighted by Crippen LogP contribution is 2.25. The number of nitrogens with zero attached hydrogens (tertiary/aromatic N) is 3. The Morgan fingerprint density at radius 3 is 2.63 bits per heavy atom. The number of hydrogen-bond acceptors (Lipinski definition) is 5. The van der Waals surface area contributed by atoms with Gasteiger partial charge in [0.25, 0.3) is 11.8 Å². The number of para-hydroxylation sites is 1. The zero-order valence-corrected chi connectivity index (χ0v) is 15.5. The number of carbonyl (C=O) groups is 2. The molecule has 2 aliphatic rings. The molecule has 142 valence electrons. The van der Waals surface area contributed by atoms with Crippen LogP contribution in [0.2, 0.25) is 0 Å². The van der Waals surface area contributed by atoms with E-state index in [1.54, 1.807) is 12.1 Å². The van der Waals surface area contributed by atoms with Crippen molar-refractivity contribution in [1.29, 1.82) is 0 Å². The molecule has 1 aliphatic heterocycles. The van der Waals surface area contributed by atoms with Crippen molar-refractivity contribution in [2.45, 2.75) is 25.7 Å². The van der Waals surface area contributed by atoms with Crippen LogP contribution in [0.4, 0.5) is 5.69 Å². The lowest BCUT2D eigenvalue weighted by atomic mass is 9.96. The average molecular weight is 368 g/mol. The number of hydrogen-bond donors (Lipinski definition) is 1. The Labute approximate surface area is 158 Å². The van der Waals surface area contributed by atoms with E-state index in [0.717, 1.165) is 50.1 Å². The van der Waals surface area contributed by atoms with E-state index in [-0.39, 0.29) is 11.8 Å². The van der Waals surface area contributed by atoms with Crippen molar-refractivity contribution < 1.29 is 14.1 Å². The third-order valence-electron chi connectivity index (χ3n) is 5.36. The minimum atomic E-state index is -0.319. The molecule has 0 radical (unpaired) electrons. The van der Waals surface area contributed by atoms with Gasteiger partial charge >= 0.3 is 0 Å². The van der Waals surface area contributed by atoms with Crippen molar-refractivity contribution in [3.63, 3.8) is 0 Å². The van der Waals surface area contributed by atoms with E-state index in [1.807, 2.05) is 17.0 Å². The van der Waals surface area contributed by atoms with Gasteiger partial charge < -0.3 is 19.6 Å². The summed E-state index contributed by atoms with van der Waals surface area (Å²) in [6.45, 7) is 3.08. The summed E-state index contributed by atoms with van der Waals surface area (Å²) in [4.78, 5) is 29.8. The molecule has 1 saturated heterocycles. The van der Waals surface area contributed by atoms with E-state index >= 15 is 0 Å². The van der Waals surface area contributed by atoms with Gasteiger partial charge in [0.05, 0.1) is 11.3 Å². The summed E-state index contributed by atoms with van der Waals surface area (Å²) in [5.74, 6) is 0.440. The largest absolute Gasteiger partial charge is 0.360 e. The van der Waals surface area contributed by atoms with Gasteiger partial charge in [-0.2, -0.15) is 0 Å². The molecule has 1 N–H and O–H groups in total. The molecule has 7 heteroatoms. The second-order valence-electron chi connectivity index (χ2n) is 7.24. The molecular formula is C20H24N4O3. The molecule has 27 heavy (non-hydrogen) atoms. The number of carbonyl (C=O) groups excluding carboxylic acids is 2. The van der Waals surface area contributed by atoms with Crippen LogP contribution in [-0.4, -0.2) is 60.0 Å². The maximum absolute atomic E-state index is 12.9. The van der Waals surface area contributed by atoms with Crippen LogP contribution in [0.15, 0.2) is 28.8 Å². The van der Waals surface area contributed by atoms with Gasteiger partial charge in [0, 0.05) is 38.2 Å². The average Bonchev–Trinajstić information content (AvgIpc) is 3.13. The highest BCUT2D eigenvalue weighted by molar-refractivity contribution is 6.08. The highest BCUT2D eigenvalue weighted by Gasteiger charge is 2.26. The van der Waals surface area contributed by atoms with Gasteiger partial charge in [-0.3, -0.25) is 9.59 Å². The van der Waals surface area contributed by atoms with E-state index < -0.39 is 0 Å². The lowest BCUT2D eigenvalue weighted by molar-refractivity contribution is 0.0665. The number of fused-ring (bicyclic) bond motifs is 1.